The Morgan fingerprint density at radius 1 is 1.41 bits per heavy atom. The minimum absolute atomic E-state index is 0.552. The van der Waals surface area contributed by atoms with E-state index in [1.165, 1.54) is 30.4 Å². The van der Waals surface area contributed by atoms with E-state index in [-0.39, 0.29) is 0 Å². The number of hydrogen-bond donors (Lipinski definition) is 1. The minimum atomic E-state index is 0.552. The molecule has 1 atom stereocenters. The zero-order valence-corrected chi connectivity index (χ0v) is 11.0. The highest BCUT2D eigenvalue weighted by Gasteiger charge is 2.20. The van der Waals surface area contributed by atoms with Crippen LogP contribution in [0.2, 0.25) is 0 Å². The lowest BCUT2D eigenvalue weighted by atomic mass is 9.91. The van der Waals surface area contributed by atoms with E-state index in [2.05, 4.69) is 36.2 Å². The number of aryl methyl sites for hydroxylation is 1. The van der Waals surface area contributed by atoms with Gasteiger partial charge in [0.1, 0.15) is 0 Å². The quantitative estimate of drug-likeness (QED) is 0.768. The summed E-state index contributed by atoms with van der Waals surface area (Å²) in [6.45, 7) is 4.82. The molecular formula is C14H24N2O. The molecule has 0 fully saturated rings. The number of rotatable bonds is 6. The Labute approximate surface area is 104 Å². The summed E-state index contributed by atoms with van der Waals surface area (Å²) in [5, 5.41) is 3.41. The number of aromatic nitrogens is 1. The summed E-state index contributed by atoms with van der Waals surface area (Å²) in [6.07, 6.45) is 9.49. The molecule has 0 amide bonds. The number of hydrogen-bond acceptors (Lipinski definition) is 2. The average Bonchev–Trinajstić information content (AvgIpc) is 2.77. The van der Waals surface area contributed by atoms with Gasteiger partial charge in [-0.3, -0.25) is 0 Å². The Balaban J connectivity index is 1.94. The fourth-order valence-corrected chi connectivity index (χ4v) is 2.59. The molecule has 3 heteroatoms. The van der Waals surface area contributed by atoms with Gasteiger partial charge in [-0.25, -0.2) is 0 Å². The molecule has 3 nitrogen and oxygen atoms in total. The summed E-state index contributed by atoms with van der Waals surface area (Å²) in [5.41, 5.74) is 3.01. The van der Waals surface area contributed by atoms with Crippen LogP contribution < -0.4 is 5.32 Å². The molecule has 1 aliphatic carbocycles. The van der Waals surface area contributed by atoms with Gasteiger partial charge in [-0.15, -0.1) is 0 Å². The van der Waals surface area contributed by atoms with E-state index in [0.29, 0.717) is 6.04 Å². The molecule has 0 spiro atoms. The van der Waals surface area contributed by atoms with Crippen LogP contribution in [0.15, 0.2) is 12.4 Å². The van der Waals surface area contributed by atoms with Crippen LogP contribution in [0.5, 0.6) is 0 Å². The van der Waals surface area contributed by atoms with Crippen LogP contribution in [0.3, 0.4) is 0 Å². The Kier molecular flexibility index (Phi) is 4.63. The predicted molar refractivity (Wildman–Crippen MR) is 70.3 cm³/mol. The molecular weight excluding hydrogens is 212 g/mol. The average molecular weight is 236 g/mol. The third-order valence-corrected chi connectivity index (χ3v) is 3.50. The second-order valence-corrected chi connectivity index (χ2v) is 4.82. The molecule has 0 bridgehead atoms. The summed E-state index contributed by atoms with van der Waals surface area (Å²) in [7, 11) is 2.06. The molecule has 1 heterocycles. The van der Waals surface area contributed by atoms with Gasteiger partial charge in [0.2, 0.25) is 0 Å². The zero-order valence-electron chi connectivity index (χ0n) is 11.0. The first-order valence-corrected chi connectivity index (χ1v) is 6.78. The third-order valence-electron chi connectivity index (χ3n) is 3.50. The largest absolute Gasteiger partial charge is 0.380 e. The summed E-state index contributed by atoms with van der Waals surface area (Å²) in [4.78, 5) is 0. The Bertz CT molecular complexity index is 346. The van der Waals surface area contributed by atoms with Gasteiger partial charge in [0.05, 0.1) is 6.61 Å². The standard InChI is InChI=1S/C14H24N2O/c1-3-8-17-9-7-16-10-12-5-4-6-14(15-2)13(12)11-16/h10-11,14-15H,3-9H2,1-2H3. The second-order valence-electron chi connectivity index (χ2n) is 4.82. The molecule has 0 aromatic carbocycles. The van der Waals surface area contributed by atoms with Crippen LogP contribution in [0, 0.1) is 0 Å². The molecule has 0 saturated heterocycles. The maximum atomic E-state index is 5.54. The highest BCUT2D eigenvalue weighted by Crippen LogP contribution is 2.29. The van der Waals surface area contributed by atoms with Crippen molar-refractivity contribution in [3.8, 4) is 0 Å². The van der Waals surface area contributed by atoms with E-state index in [1.807, 2.05) is 0 Å². The van der Waals surface area contributed by atoms with Gasteiger partial charge >= 0.3 is 0 Å². The van der Waals surface area contributed by atoms with Gasteiger partial charge in [0.15, 0.2) is 0 Å². The molecule has 0 saturated carbocycles. The molecule has 1 aromatic heterocycles. The fraction of sp³-hybridized carbons (Fsp3) is 0.714. The van der Waals surface area contributed by atoms with E-state index in [0.717, 1.165) is 26.2 Å². The molecule has 1 N–H and O–H groups in total. The van der Waals surface area contributed by atoms with Crippen molar-refractivity contribution < 1.29 is 4.74 Å². The third kappa shape index (κ3) is 3.11. The summed E-state index contributed by atoms with van der Waals surface area (Å²) >= 11 is 0. The maximum Gasteiger partial charge on any atom is 0.0645 e. The molecule has 1 aromatic rings. The van der Waals surface area contributed by atoms with Gasteiger partial charge in [0.25, 0.3) is 0 Å². The van der Waals surface area contributed by atoms with Gasteiger partial charge in [0, 0.05) is 31.6 Å². The van der Waals surface area contributed by atoms with Crippen molar-refractivity contribution in [1.82, 2.24) is 9.88 Å². The highest BCUT2D eigenvalue weighted by atomic mass is 16.5. The van der Waals surface area contributed by atoms with Crippen molar-refractivity contribution >= 4 is 0 Å². The van der Waals surface area contributed by atoms with E-state index >= 15 is 0 Å². The van der Waals surface area contributed by atoms with Crippen LogP contribution >= 0.6 is 0 Å². The van der Waals surface area contributed by atoms with Crippen molar-refractivity contribution in [3.63, 3.8) is 0 Å². The number of ether oxygens (including phenoxy) is 1. The molecule has 1 aliphatic rings. The predicted octanol–water partition coefficient (Wildman–Crippen LogP) is 2.51. The van der Waals surface area contributed by atoms with Crippen molar-refractivity contribution in [2.24, 2.45) is 0 Å². The lowest BCUT2D eigenvalue weighted by Gasteiger charge is -2.21. The van der Waals surface area contributed by atoms with Crippen molar-refractivity contribution in [1.29, 1.82) is 0 Å². The highest BCUT2D eigenvalue weighted by molar-refractivity contribution is 5.30. The molecule has 17 heavy (non-hydrogen) atoms. The first-order chi connectivity index (χ1) is 8.35. The Hall–Kier alpha value is -0.800. The lowest BCUT2D eigenvalue weighted by molar-refractivity contribution is 0.127. The van der Waals surface area contributed by atoms with Crippen LogP contribution in [0.4, 0.5) is 0 Å². The van der Waals surface area contributed by atoms with Gasteiger partial charge in [-0.1, -0.05) is 6.92 Å². The van der Waals surface area contributed by atoms with Gasteiger partial charge < -0.3 is 14.6 Å². The number of nitrogens with zero attached hydrogens (tertiary/aromatic N) is 1. The molecule has 2 rings (SSSR count). The van der Waals surface area contributed by atoms with Crippen molar-refractivity contribution in [3.05, 3.63) is 23.5 Å². The van der Waals surface area contributed by atoms with Crippen LogP contribution in [-0.2, 0) is 17.7 Å². The molecule has 96 valence electrons. The van der Waals surface area contributed by atoms with Crippen LogP contribution in [0.25, 0.3) is 0 Å². The number of fused-ring (bicyclic) bond motifs is 1. The van der Waals surface area contributed by atoms with E-state index in [1.54, 1.807) is 0 Å². The summed E-state index contributed by atoms with van der Waals surface area (Å²) in [6, 6.07) is 0.552. The van der Waals surface area contributed by atoms with Crippen molar-refractivity contribution in [2.45, 2.75) is 45.2 Å². The normalized spacial score (nSPS) is 19.3. The zero-order chi connectivity index (χ0) is 12.1. The smallest absolute Gasteiger partial charge is 0.0645 e. The maximum absolute atomic E-state index is 5.54. The van der Waals surface area contributed by atoms with Crippen LogP contribution in [-0.4, -0.2) is 24.8 Å². The number of nitrogens with one attached hydrogen (secondary N) is 1. The minimum Gasteiger partial charge on any atom is -0.380 e. The topological polar surface area (TPSA) is 26.2 Å². The first kappa shape index (κ1) is 12.7. The molecule has 1 unspecified atom stereocenters. The summed E-state index contributed by atoms with van der Waals surface area (Å²) < 4.78 is 7.82. The first-order valence-electron chi connectivity index (χ1n) is 6.78. The fourth-order valence-electron chi connectivity index (χ4n) is 2.59. The van der Waals surface area contributed by atoms with E-state index in [4.69, 9.17) is 4.74 Å². The Morgan fingerprint density at radius 3 is 3.06 bits per heavy atom. The van der Waals surface area contributed by atoms with E-state index < -0.39 is 0 Å². The SMILES string of the molecule is CCCOCCn1cc2c(c1)C(NC)CCC2. The molecule has 0 radical (unpaired) electrons. The lowest BCUT2D eigenvalue weighted by Crippen LogP contribution is -2.20. The Morgan fingerprint density at radius 2 is 2.29 bits per heavy atom. The van der Waals surface area contributed by atoms with Gasteiger partial charge in [-0.2, -0.15) is 0 Å². The van der Waals surface area contributed by atoms with E-state index in [9.17, 15) is 0 Å². The second kappa shape index (κ2) is 6.22. The van der Waals surface area contributed by atoms with Gasteiger partial charge in [-0.05, 0) is 43.9 Å². The molecule has 0 aliphatic heterocycles. The van der Waals surface area contributed by atoms with Crippen molar-refractivity contribution in [2.75, 3.05) is 20.3 Å². The summed E-state index contributed by atoms with van der Waals surface area (Å²) in [5.74, 6) is 0. The monoisotopic (exact) mass is 236 g/mol. The van der Waals surface area contributed by atoms with Crippen LogP contribution in [0.1, 0.15) is 43.4 Å².